The van der Waals surface area contributed by atoms with E-state index in [4.69, 9.17) is 0 Å². The van der Waals surface area contributed by atoms with Crippen LogP contribution in [0.15, 0.2) is 18.2 Å². The first-order valence-corrected chi connectivity index (χ1v) is 5.22. The number of hydrogen-bond donors (Lipinski definition) is 0. The average Bonchev–Trinajstić information content (AvgIpc) is 2.29. The molecule has 2 heteroatoms. The Morgan fingerprint density at radius 1 is 1.25 bits per heavy atom. The molecule has 0 saturated carbocycles. The van der Waals surface area contributed by atoms with Crippen molar-refractivity contribution >= 4 is 36.2 Å². The summed E-state index contributed by atoms with van der Waals surface area (Å²) in [6.07, 6.45) is 0. The van der Waals surface area contributed by atoms with Gasteiger partial charge in [-0.3, -0.25) is 0 Å². The molecular weight excluding hydrogens is 180 g/mol. The maximum Gasteiger partial charge on any atom is 0.0868 e. The summed E-state index contributed by atoms with van der Waals surface area (Å²) in [5.41, 5.74) is 2.73. The third-order valence-corrected chi connectivity index (χ3v) is 3.91. The molecule has 0 unspecified atom stereocenters. The molecule has 0 aliphatic rings. The predicted octanol–water partition coefficient (Wildman–Crippen LogP) is 2.31. The summed E-state index contributed by atoms with van der Waals surface area (Å²) in [7, 11) is 3.61. The van der Waals surface area contributed by atoms with Gasteiger partial charge in [-0.15, -0.1) is 11.3 Å². The van der Waals surface area contributed by atoms with Crippen LogP contribution >= 0.6 is 11.3 Å². The summed E-state index contributed by atoms with van der Waals surface area (Å²) in [4.78, 5) is 0. The highest BCUT2D eigenvalue weighted by atomic mass is 32.1. The number of rotatable bonds is 0. The van der Waals surface area contributed by atoms with Crippen LogP contribution in [-0.4, -0.2) is 10.2 Å². The third-order valence-electron chi connectivity index (χ3n) is 2.16. The zero-order valence-corrected chi connectivity index (χ0v) is 8.96. The minimum atomic E-state index is 1.25. The average molecular weight is 189 g/mol. The van der Waals surface area contributed by atoms with Crippen LogP contribution in [0.1, 0.15) is 11.1 Å². The van der Waals surface area contributed by atoms with Crippen LogP contribution in [0.25, 0.3) is 10.1 Å². The van der Waals surface area contributed by atoms with Gasteiger partial charge < -0.3 is 0 Å². The zero-order valence-electron chi connectivity index (χ0n) is 7.14. The lowest BCUT2D eigenvalue weighted by Gasteiger charge is -1.96. The second-order valence-corrected chi connectivity index (χ2v) is 4.92. The van der Waals surface area contributed by atoms with Crippen LogP contribution in [0, 0.1) is 13.8 Å². The van der Waals surface area contributed by atoms with Crippen molar-refractivity contribution in [3.8, 4) is 0 Å². The van der Waals surface area contributed by atoms with Gasteiger partial charge in [0.05, 0.1) is 10.2 Å². The molecule has 0 atom stereocenters. The first-order chi connectivity index (χ1) is 5.70. The van der Waals surface area contributed by atoms with Crippen molar-refractivity contribution in [1.82, 2.24) is 0 Å². The van der Waals surface area contributed by atoms with Crippen LogP contribution in [0.2, 0.25) is 0 Å². The Morgan fingerprint density at radius 3 is 2.67 bits per heavy atom. The van der Waals surface area contributed by atoms with Crippen LogP contribution in [0.3, 0.4) is 0 Å². The van der Waals surface area contributed by atoms with Gasteiger partial charge in [-0.2, -0.15) is 0 Å². The van der Waals surface area contributed by atoms with Crippen LogP contribution in [0.5, 0.6) is 0 Å². The Balaban J connectivity index is 2.97. The van der Waals surface area contributed by atoms with Gasteiger partial charge in [0.2, 0.25) is 0 Å². The zero-order chi connectivity index (χ0) is 8.72. The predicted molar refractivity (Wildman–Crippen MR) is 56.7 cm³/mol. The van der Waals surface area contributed by atoms with Gasteiger partial charge in [0.25, 0.3) is 0 Å². The normalized spacial score (nSPS) is 10.9. The van der Waals surface area contributed by atoms with Crippen molar-refractivity contribution in [1.29, 1.82) is 0 Å². The highest BCUT2D eigenvalue weighted by Gasteiger charge is 2.05. The van der Waals surface area contributed by atoms with E-state index in [1.165, 1.54) is 25.7 Å². The fourth-order valence-electron chi connectivity index (χ4n) is 1.51. The summed E-state index contributed by atoms with van der Waals surface area (Å²) in [5, 5.41) is 1.41. The second-order valence-electron chi connectivity index (χ2n) is 3.00. The van der Waals surface area contributed by atoms with Crippen molar-refractivity contribution in [3.05, 3.63) is 29.3 Å². The lowest BCUT2D eigenvalue weighted by molar-refractivity contribution is 1.51. The number of fused-ring (bicyclic) bond motifs is 1. The summed E-state index contributed by atoms with van der Waals surface area (Å²) >= 11 is 1.81. The van der Waals surface area contributed by atoms with Gasteiger partial charge in [-0.25, -0.2) is 0 Å². The van der Waals surface area contributed by atoms with Gasteiger partial charge in [0.15, 0.2) is 0 Å². The number of hydrogen-bond acceptors (Lipinski definition) is 1. The molecule has 1 heterocycles. The van der Waals surface area contributed by atoms with Crippen molar-refractivity contribution < 1.29 is 0 Å². The topological polar surface area (TPSA) is 0 Å². The molecule has 0 aliphatic heterocycles. The van der Waals surface area contributed by atoms with Crippen LogP contribution in [0.4, 0.5) is 0 Å². The van der Waals surface area contributed by atoms with Gasteiger partial charge >= 0.3 is 0 Å². The van der Waals surface area contributed by atoms with E-state index in [0.717, 1.165) is 0 Å². The van der Waals surface area contributed by atoms with E-state index in [1.807, 2.05) is 0 Å². The minimum Gasteiger partial charge on any atom is -0.146 e. The molecule has 2 aromatic rings. The number of aryl methyl sites for hydroxylation is 2. The maximum atomic E-state index is 3.61. The van der Waals surface area contributed by atoms with Crippen molar-refractivity contribution in [2.45, 2.75) is 13.8 Å². The lowest BCUT2D eigenvalue weighted by atomic mass is 10.1. The summed E-state index contributed by atoms with van der Waals surface area (Å²) in [5.74, 6) is 0. The molecule has 59 valence electrons. The Hall–Kier alpha value is -0.603. The molecule has 2 rings (SSSR count). The Kier molecular flexibility index (Phi) is 1.81. The molecule has 0 N–H and O–H groups in total. The molecule has 0 nitrogen and oxygen atoms in total. The summed E-state index contributed by atoms with van der Waals surface area (Å²) < 4.78 is 2.62. The SMILES string of the molecule is Cc1cccc2sc([Si])c(C)c12. The quantitative estimate of drug-likeness (QED) is 0.558. The first-order valence-electron chi connectivity index (χ1n) is 3.90. The van der Waals surface area contributed by atoms with E-state index >= 15 is 0 Å². The highest BCUT2D eigenvalue weighted by Crippen LogP contribution is 2.25. The molecule has 3 radical (unpaired) electrons. The van der Waals surface area contributed by atoms with E-state index in [-0.39, 0.29) is 0 Å². The van der Waals surface area contributed by atoms with Gasteiger partial charge in [0.1, 0.15) is 0 Å². The minimum absolute atomic E-state index is 1.25. The molecular formula is C10H9SSi. The number of thiophene rings is 1. The first kappa shape index (κ1) is 8.02. The Morgan fingerprint density at radius 2 is 2.00 bits per heavy atom. The molecule has 1 aromatic carbocycles. The summed E-state index contributed by atoms with van der Waals surface area (Å²) in [6.45, 7) is 4.32. The molecule has 0 fully saturated rings. The molecule has 1 aromatic heterocycles. The molecule has 0 spiro atoms. The summed E-state index contributed by atoms with van der Waals surface area (Å²) in [6, 6.07) is 6.44. The smallest absolute Gasteiger partial charge is 0.0868 e. The molecule has 12 heavy (non-hydrogen) atoms. The second kappa shape index (κ2) is 2.71. The maximum absolute atomic E-state index is 3.61. The van der Waals surface area contributed by atoms with Crippen LogP contribution < -0.4 is 4.50 Å². The largest absolute Gasteiger partial charge is 0.146 e. The van der Waals surface area contributed by atoms with Crippen molar-refractivity contribution in [2.24, 2.45) is 0 Å². The van der Waals surface area contributed by atoms with E-state index < -0.39 is 0 Å². The van der Waals surface area contributed by atoms with Crippen molar-refractivity contribution in [2.75, 3.05) is 0 Å². The Bertz CT molecular complexity index is 429. The van der Waals surface area contributed by atoms with E-state index in [1.54, 1.807) is 11.3 Å². The molecule has 0 amide bonds. The third kappa shape index (κ3) is 1.03. The molecule has 0 aliphatic carbocycles. The monoisotopic (exact) mass is 189 g/mol. The van der Waals surface area contributed by atoms with Gasteiger partial charge in [0, 0.05) is 4.70 Å². The Labute approximate surface area is 79.7 Å². The van der Waals surface area contributed by atoms with Crippen molar-refractivity contribution in [3.63, 3.8) is 0 Å². The van der Waals surface area contributed by atoms with E-state index in [2.05, 4.69) is 42.3 Å². The van der Waals surface area contributed by atoms with Gasteiger partial charge in [-0.05, 0) is 40.9 Å². The number of benzene rings is 1. The fourth-order valence-corrected chi connectivity index (χ4v) is 3.00. The standard InChI is InChI=1S/C10H9SSi/c1-6-4-3-5-8-9(6)7(2)10(12)11-8/h3-5H,1-2H3. The highest BCUT2D eigenvalue weighted by molar-refractivity contribution is 7.26. The van der Waals surface area contributed by atoms with Gasteiger partial charge in [-0.1, -0.05) is 12.1 Å². The molecule has 0 saturated heterocycles. The van der Waals surface area contributed by atoms with E-state index in [0.29, 0.717) is 0 Å². The lowest BCUT2D eigenvalue weighted by Crippen LogP contribution is -1.97. The van der Waals surface area contributed by atoms with E-state index in [9.17, 15) is 0 Å². The molecule has 0 bridgehead atoms. The van der Waals surface area contributed by atoms with Crippen LogP contribution in [-0.2, 0) is 0 Å². The fraction of sp³-hybridized carbons (Fsp3) is 0.200.